The van der Waals surface area contributed by atoms with Gasteiger partial charge in [-0.15, -0.1) is 0 Å². The molecule has 0 unspecified atom stereocenters. The minimum Gasteiger partial charge on any atom is -0.352 e. The highest BCUT2D eigenvalue weighted by Crippen LogP contribution is 2.12. The summed E-state index contributed by atoms with van der Waals surface area (Å²) >= 11 is 0. The number of carbonyl (C=O) groups excluding carboxylic acids is 1. The van der Waals surface area contributed by atoms with Gasteiger partial charge >= 0.3 is 0 Å². The first-order valence-electron chi connectivity index (χ1n) is 6.52. The molecule has 0 saturated carbocycles. The summed E-state index contributed by atoms with van der Waals surface area (Å²) in [6.45, 7) is 4.40. The van der Waals surface area contributed by atoms with Gasteiger partial charge in [-0.1, -0.05) is 12.1 Å². The first-order valence-corrected chi connectivity index (χ1v) is 6.52. The van der Waals surface area contributed by atoms with Gasteiger partial charge < -0.3 is 5.32 Å². The summed E-state index contributed by atoms with van der Waals surface area (Å²) in [5, 5.41) is 7.06. The van der Waals surface area contributed by atoms with Crippen LogP contribution < -0.4 is 5.32 Å². The predicted molar refractivity (Wildman–Crippen MR) is 75.1 cm³/mol. The molecule has 1 amide bonds. The van der Waals surface area contributed by atoms with Gasteiger partial charge in [-0.05, 0) is 38.0 Å². The molecule has 0 fully saturated rings. The molecule has 2 rings (SSSR count). The van der Waals surface area contributed by atoms with Crippen LogP contribution in [-0.2, 0) is 13.5 Å². The highest BCUT2D eigenvalue weighted by atomic mass is 19.1. The van der Waals surface area contributed by atoms with E-state index in [-0.39, 0.29) is 11.5 Å². The Morgan fingerprint density at radius 2 is 2.05 bits per heavy atom. The molecule has 1 aromatic carbocycles. The number of hydrogen-bond donors (Lipinski definition) is 1. The predicted octanol–water partition coefficient (Wildman–Crippen LogP) is 2.15. The van der Waals surface area contributed by atoms with E-state index in [2.05, 4.69) is 10.4 Å². The molecule has 1 aromatic heterocycles. The molecule has 0 radical (unpaired) electrons. The third-order valence-corrected chi connectivity index (χ3v) is 3.44. The van der Waals surface area contributed by atoms with Crippen LogP contribution in [0.2, 0.25) is 0 Å². The average Bonchev–Trinajstić information content (AvgIpc) is 2.65. The highest BCUT2D eigenvalue weighted by Gasteiger charge is 2.12. The fourth-order valence-corrected chi connectivity index (χ4v) is 2.22. The van der Waals surface area contributed by atoms with Crippen LogP contribution in [0.3, 0.4) is 0 Å². The number of nitrogens with one attached hydrogen (secondary N) is 1. The third kappa shape index (κ3) is 2.87. The summed E-state index contributed by atoms with van der Waals surface area (Å²) in [6, 6.07) is 5.97. The SMILES string of the molecule is Cc1nn(C)c(C)c1CCNC(=O)c1ccccc1F. The highest BCUT2D eigenvalue weighted by molar-refractivity contribution is 5.94. The van der Waals surface area contributed by atoms with Crippen molar-refractivity contribution in [3.63, 3.8) is 0 Å². The van der Waals surface area contributed by atoms with Gasteiger partial charge in [0.2, 0.25) is 0 Å². The first-order chi connectivity index (χ1) is 9.50. The fraction of sp³-hybridized carbons (Fsp3) is 0.333. The molecule has 0 spiro atoms. The van der Waals surface area contributed by atoms with E-state index in [1.165, 1.54) is 12.1 Å². The number of amides is 1. The molecule has 106 valence electrons. The van der Waals surface area contributed by atoms with Crippen LogP contribution in [0.25, 0.3) is 0 Å². The fourth-order valence-electron chi connectivity index (χ4n) is 2.22. The molecule has 0 aliphatic carbocycles. The Bertz CT molecular complexity index is 634. The molecular formula is C15H18FN3O. The lowest BCUT2D eigenvalue weighted by Crippen LogP contribution is -2.26. The minimum atomic E-state index is -0.501. The number of carbonyl (C=O) groups is 1. The van der Waals surface area contributed by atoms with Crippen molar-refractivity contribution in [1.29, 1.82) is 0 Å². The molecule has 0 saturated heterocycles. The van der Waals surface area contributed by atoms with Crippen LogP contribution in [0, 0.1) is 19.7 Å². The van der Waals surface area contributed by atoms with E-state index in [0.29, 0.717) is 13.0 Å². The van der Waals surface area contributed by atoms with E-state index in [9.17, 15) is 9.18 Å². The number of hydrogen-bond acceptors (Lipinski definition) is 2. The van der Waals surface area contributed by atoms with Gasteiger partial charge in [-0.3, -0.25) is 9.48 Å². The molecule has 1 heterocycles. The van der Waals surface area contributed by atoms with E-state index >= 15 is 0 Å². The van der Waals surface area contributed by atoms with Crippen molar-refractivity contribution < 1.29 is 9.18 Å². The van der Waals surface area contributed by atoms with Gasteiger partial charge in [0.25, 0.3) is 5.91 Å². The van der Waals surface area contributed by atoms with Gasteiger partial charge in [0, 0.05) is 19.3 Å². The van der Waals surface area contributed by atoms with Crippen molar-refractivity contribution in [1.82, 2.24) is 15.1 Å². The van der Waals surface area contributed by atoms with E-state index in [0.717, 1.165) is 17.0 Å². The Morgan fingerprint density at radius 1 is 1.35 bits per heavy atom. The van der Waals surface area contributed by atoms with Gasteiger partial charge in [0.1, 0.15) is 5.82 Å². The Hall–Kier alpha value is -2.17. The van der Waals surface area contributed by atoms with Crippen LogP contribution in [0.5, 0.6) is 0 Å². The normalized spacial score (nSPS) is 10.6. The summed E-state index contributed by atoms with van der Waals surface area (Å²) in [7, 11) is 1.89. The van der Waals surface area contributed by atoms with Crippen LogP contribution in [-0.4, -0.2) is 22.2 Å². The standard InChI is InChI=1S/C15H18FN3O/c1-10-12(11(2)19(3)18-10)8-9-17-15(20)13-6-4-5-7-14(13)16/h4-7H,8-9H2,1-3H3,(H,17,20). The van der Waals surface area contributed by atoms with Gasteiger partial charge in [0.05, 0.1) is 11.3 Å². The maximum atomic E-state index is 13.4. The quantitative estimate of drug-likeness (QED) is 0.929. The number of nitrogens with zero attached hydrogens (tertiary/aromatic N) is 2. The largest absolute Gasteiger partial charge is 0.352 e. The topological polar surface area (TPSA) is 46.9 Å². The summed E-state index contributed by atoms with van der Waals surface area (Å²) in [4.78, 5) is 11.9. The van der Waals surface area contributed by atoms with Crippen LogP contribution in [0.15, 0.2) is 24.3 Å². The molecule has 2 aromatic rings. The van der Waals surface area contributed by atoms with E-state index < -0.39 is 5.82 Å². The van der Waals surface area contributed by atoms with Crippen molar-refractivity contribution in [2.45, 2.75) is 20.3 Å². The van der Waals surface area contributed by atoms with Crippen molar-refractivity contribution in [3.8, 4) is 0 Å². The van der Waals surface area contributed by atoms with Gasteiger partial charge in [-0.2, -0.15) is 5.10 Å². The van der Waals surface area contributed by atoms with E-state index in [1.54, 1.807) is 12.1 Å². The monoisotopic (exact) mass is 275 g/mol. The summed E-state index contributed by atoms with van der Waals surface area (Å²) in [6.07, 6.45) is 0.686. The molecule has 4 nitrogen and oxygen atoms in total. The van der Waals surface area contributed by atoms with Crippen molar-refractivity contribution in [3.05, 3.63) is 52.6 Å². The second-order valence-electron chi connectivity index (χ2n) is 4.76. The molecule has 0 bridgehead atoms. The molecule has 0 aliphatic heterocycles. The zero-order chi connectivity index (χ0) is 14.7. The number of aromatic nitrogens is 2. The Labute approximate surface area is 117 Å². The maximum Gasteiger partial charge on any atom is 0.254 e. The van der Waals surface area contributed by atoms with Crippen molar-refractivity contribution in [2.75, 3.05) is 6.54 Å². The zero-order valence-corrected chi connectivity index (χ0v) is 11.9. The van der Waals surface area contributed by atoms with Crippen molar-refractivity contribution >= 4 is 5.91 Å². The van der Waals surface area contributed by atoms with Crippen LogP contribution >= 0.6 is 0 Å². The molecular weight excluding hydrogens is 257 g/mol. The number of halogens is 1. The third-order valence-electron chi connectivity index (χ3n) is 3.44. The average molecular weight is 275 g/mol. The van der Waals surface area contributed by atoms with E-state index in [1.807, 2.05) is 25.6 Å². The van der Waals surface area contributed by atoms with Crippen molar-refractivity contribution in [2.24, 2.45) is 7.05 Å². The van der Waals surface area contributed by atoms with Crippen LogP contribution in [0.1, 0.15) is 27.3 Å². The molecule has 5 heteroatoms. The summed E-state index contributed by atoms with van der Waals surface area (Å²) in [5.41, 5.74) is 3.25. The number of rotatable bonds is 4. The second kappa shape index (κ2) is 5.86. The first kappa shape index (κ1) is 14.2. The summed E-state index contributed by atoms with van der Waals surface area (Å²) < 4.78 is 15.3. The van der Waals surface area contributed by atoms with Crippen LogP contribution in [0.4, 0.5) is 4.39 Å². The number of benzene rings is 1. The van der Waals surface area contributed by atoms with Gasteiger partial charge in [0.15, 0.2) is 0 Å². The maximum absolute atomic E-state index is 13.4. The lowest BCUT2D eigenvalue weighted by molar-refractivity contribution is 0.0950. The molecule has 0 aliphatic rings. The Balaban J connectivity index is 1.97. The minimum absolute atomic E-state index is 0.0760. The zero-order valence-electron chi connectivity index (χ0n) is 11.9. The van der Waals surface area contributed by atoms with Gasteiger partial charge in [-0.25, -0.2) is 4.39 Å². The van der Waals surface area contributed by atoms with E-state index in [4.69, 9.17) is 0 Å². The molecule has 20 heavy (non-hydrogen) atoms. The lowest BCUT2D eigenvalue weighted by atomic mass is 10.1. The lowest BCUT2D eigenvalue weighted by Gasteiger charge is -2.06. The molecule has 0 atom stereocenters. The second-order valence-corrected chi connectivity index (χ2v) is 4.76. The molecule has 1 N–H and O–H groups in total. The Morgan fingerprint density at radius 3 is 2.65 bits per heavy atom. The smallest absolute Gasteiger partial charge is 0.254 e. The summed E-state index contributed by atoms with van der Waals surface area (Å²) in [5.74, 6) is -0.888. The Kier molecular flexibility index (Phi) is 4.17. The number of aryl methyl sites for hydroxylation is 2.